The zero-order chi connectivity index (χ0) is 19.8. The Morgan fingerprint density at radius 1 is 1.07 bits per heavy atom. The van der Waals surface area contributed by atoms with Crippen LogP contribution >= 0.6 is 12.4 Å². The minimum absolute atomic E-state index is 0. The molecule has 5 nitrogen and oxygen atoms in total. The van der Waals surface area contributed by atoms with Crippen LogP contribution in [0.2, 0.25) is 0 Å². The fraction of sp³-hybridized carbons (Fsp3) is 0.579. The number of nitrogens with two attached hydrogens (primary N) is 1. The van der Waals surface area contributed by atoms with Gasteiger partial charge in [0.05, 0.1) is 16.9 Å². The monoisotopic (exact) mass is 419 g/mol. The minimum atomic E-state index is -4.54. The Hall–Kier alpha value is -1.80. The molecule has 1 aromatic rings. The quantitative estimate of drug-likeness (QED) is 0.687. The number of fused-ring (bicyclic) bond motifs is 2. The normalized spacial score (nSPS) is 26.8. The van der Waals surface area contributed by atoms with E-state index < -0.39 is 17.6 Å². The van der Waals surface area contributed by atoms with Gasteiger partial charge in [-0.3, -0.25) is 9.59 Å². The molecule has 2 atom stereocenters. The van der Waals surface area contributed by atoms with E-state index in [0.29, 0.717) is 12.8 Å². The molecule has 2 fully saturated rings. The van der Waals surface area contributed by atoms with Crippen molar-refractivity contribution in [2.75, 3.05) is 10.6 Å². The molecule has 2 unspecified atom stereocenters. The van der Waals surface area contributed by atoms with Crippen molar-refractivity contribution >= 4 is 35.6 Å². The van der Waals surface area contributed by atoms with Gasteiger partial charge < -0.3 is 16.4 Å². The Labute approximate surface area is 168 Å². The number of carbonyl (C=O) groups is 2. The molecule has 4 N–H and O–H groups in total. The molecule has 0 saturated heterocycles. The van der Waals surface area contributed by atoms with Crippen molar-refractivity contribution in [2.24, 2.45) is 23.5 Å². The fourth-order valence-corrected chi connectivity index (χ4v) is 4.36. The number of amides is 2. The molecule has 0 spiro atoms. The van der Waals surface area contributed by atoms with Crippen molar-refractivity contribution < 1.29 is 22.8 Å². The van der Waals surface area contributed by atoms with Gasteiger partial charge in [-0.05, 0) is 55.7 Å². The molecule has 0 heterocycles. The van der Waals surface area contributed by atoms with Crippen molar-refractivity contribution in [1.29, 1.82) is 0 Å². The van der Waals surface area contributed by atoms with Crippen molar-refractivity contribution in [1.82, 2.24) is 0 Å². The summed E-state index contributed by atoms with van der Waals surface area (Å²) in [5.74, 6) is -0.456. The topological polar surface area (TPSA) is 84.2 Å². The molecular formula is C19H25ClF3N3O2. The lowest BCUT2D eigenvalue weighted by Crippen LogP contribution is -2.48. The molecule has 1 aromatic carbocycles. The number of rotatable bonds is 3. The first kappa shape index (κ1) is 22.5. The highest BCUT2D eigenvalue weighted by atomic mass is 35.5. The molecule has 2 bridgehead atoms. The second kappa shape index (κ2) is 8.69. The number of alkyl halides is 3. The van der Waals surface area contributed by atoms with Crippen LogP contribution in [0.25, 0.3) is 0 Å². The first-order chi connectivity index (χ1) is 12.6. The number of benzene rings is 1. The number of hydrogen-bond donors (Lipinski definition) is 3. The smallest absolute Gasteiger partial charge is 0.327 e. The van der Waals surface area contributed by atoms with E-state index in [1.54, 1.807) is 0 Å². The van der Waals surface area contributed by atoms with Gasteiger partial charge >= 0.3 is 6.18 Å². The van der Waals surface area contributed by atoms with Crippen LogP contribution in [0.5, 0.6) is 0 Å². The summed E-state index contributed by atoms with van der Waals surface area (Å²) in [6, 6.07) is 3.00. The maximum atomic E-state index is 13.0. The largest absolute Gasteiger partial charge is 0.416 e. The molecule has 2 aliphatic rings. The van der Waals surface area contributed by atoms with E-state index >= 15 is 0 Å². The van der Waals surface area contributed by atoms with Gasteiger partial charge in [-0.25, -0.2) is 0 Å². The lowest BCUT2D eigenvalue weighted by molar-refractivity contribution is -0.137. The highest BCUT2D eigenvalue weighted by Crippen LogP contribution is 2.42. The van der Waals surface area contributed by atoms with E-state index in [0.717, 1.165) is 37.5 Å². The van der Waals surface area contributed by atoms with Crippen molar-refractivity contribution in [3.05, 3.63) is 23.8 Å². The lowest BCUT2D eigenvalue weighted by Gasteiger charge is -2.43. The van der Waals surface area contributed by atoms with Crippen LogP contribution < -0.4 is 16.4 Å². The van der Waals surface area contributed by atoms with E-state index in [2.05, 4.69) is 10.6 Å². The number of carbonyl (C=O) groups excluding carboxylic acids is 2. The molecule has 2 aliphatic carbocycles. The summed E-state index contributed by atoms with van der Waals surface area (Å²) in [4.78, 5) is 24.1. The highest BCUT2D eigenvalue weighted by Gasteiger charge is 2.40. The lowest BCUT2D eigenvalue weighted by atomic mass is 9.65. The Morgan fingerprint density at radius 2 is 1.68 bits per heavy atom. The van der Waals surface area contributed by atoms with Crippen LogP contribution in [0.3, 0.4) is 0 Å². The number of anilines is 2. The summed E-state index contributed by atoms with van der Waals surface area (Å²) in [5, 5.41) is 5.07. The van der Waals surface area contributed by atoms with Crippen molar-refractivity contribution in [3.8, 4) is 0 Å². The van der Waals surface area contributed by atoms with E-state index in [4.69, 9.17) is 5.73 Å². The number of halogens is 4. The number of hydrogen-bond acceptors (Lipinski definition) is 3. The third-order valence-corrected chi connectivity index (χ3v) is 5.70. The van der Waals surface area contributed by atoms with E-state index in [1.807, 2.05) is 0 Å². The van der Waals surface area contributed by atoms with Crippen LogP contribution in [0, 0.1) is 17.8 Å². The zero-order valence-electron chi connectivity index (χ0n) is 15.5. The Morgan fingerprint density at radius 3 is 2.21 bits per heavy atom. The van der Waals surface area contributed by atoms with E-state index in [1.165, 1.54) is 6.92 Å². The summed E-state index contributed by atoms with van der Waals surface area (Å²) in [7, 11) is 0. The molecule has 2 saturated carbocycles. The molecule has 156 valence electrons. The predicted octanol–water partition coefficient (Wildman–Crippen LogP) is 4.18. The SMILES string of the molecule is CC(=O)Nc1ccc(C(F)(F)F)cc1NC(=O)C1CC2CCCC(C1)C2N.Cl. The van der Waals surface area contributed by atoms with Crippen molar-refractivity contribution in [2.45, 2.75) is 51.2 Å². The zero-order valence-corrected chi connectivity index (χ0v) is 16.3. The average Bonchev–Trinajstić information content (AvgIpc) is 2.54. The summed E-state index contributed by atoms with van der Waals surface area (Å²) >= 11 is 0. The van der Waals surface area contributed by atoms with Crippen LogP contribution in [0.15, 0.2) is 18.2 Å². The first-order valence-corrected chi connectivity index (χ1v) is 9.20. The first-order valence-electron chi connectivity index (χ1n) is 9.20. The highest BCUT2D eigenvalue weighted by molar-refractivity contribution is 5.99. The Bertz CT molecular complexity index is 728. The minimum Gasteiger partial charge on any atom is -0.327 e. The molecule has 2 amide bonds. The van der Waals surface area contributed by atoms with Crippen molar-refractivity contribution in [3.63, 3.8) is 0 Å². The summed E-state index contributed by atoms with van der Waals surface area (Å²) in [5.41, 5.74) is 5.47. The summed E-state index contributed by atoms with van der Waals surface area (Å²) < 4.78 is 39.1. The van der Waals surface area contributed by atoms with Gasteiger partial charge in [0.25, 0.3) is 0 Å². The van der Waals surface area contributed by atoms with E-state index in [9.17, 15) is 22.8 Å². The molecular weight excluding hydrogens is 395 g/mol. The Balaban J connectivity index is 0.00000280. The average molecular weight is 420 g/mol. The molecule has 28 heavy (non-hydrogen) atoms. The Kier molecular flexibility index (Phi) is 6.98. The second-order valence-electron chi connectivity index (χ2n) is 7.63. The molecule has 9 heteroatoms. The fourth-order valence-electron chi connectivity index (χ4n) is 4.36. The summed E-state index contributed by atoms with van der Waals surface area (Å²) in [6.45, 7) is 1.26. The molecule has 0 aliphatic heterocycles. The second-order valence-corrected chi connectivity index (χ2v) is 7.63. The molecule has 3 rings (SSSR count). The van der Waals surface area contributed by atoms with Gasteiger partial charge in [0.1, 0.15) is 0 Å². The maximum absolute atomic E-state index is 13.0. The van der Waals surface area contributed by atoms with E-state index in [-0.39, 0.29) is 53.5 Å². The van der Waals surface area contributed by atoms with Gasteiger partial charge in [-0.15, -0.1) is 12.4 Å². The maximum Gasteiger partial charge on any atom is 0.416 e. The standard InChI is InChI=1S/C19H24F3N3O2.ClH/c1-10(26)24-15-6-5-14(19(20,21)22)9-16(15)25-18(27)13-7-11-3-2-4-12(8-13)17(11)23;/h5-6,9,11-13,17H,2-4,7-8,23H2,1H3,(H,24,26)(H,25,27);1H. The van der Waals surface area contributed by atoms with Gasteiger partial charge in [0.2, 0.25) is 11.8 Å². The number of nitrogens with one attached hydrogen (secondary N) is 2. The van der Waals surface area contributed by atoms with Gasteiger partial charge in [0.15, 0.2) is 0 Å². The third-order valence-electron chi connectivity index (χ3n) is 5.70. The van der Waals surface area contributed by atoms with Crippen LogP contribution in [0.1, 0.15) is 44.6 Å². The predicted molar refractivity (Wildman–Crippen MR) is 103 cm³/mol. The van der Waals surface area contributed by atoms with Gasteiger partial charge in [-0.1, -0.05) is 6.42 Å². The molecule has 0 radical (unpaired) electrons. The van der Waals surface area contributed by atoms with Gasteiger partial charge in [0, 0.05) is 18.9 Å². The summed E-state index contributed by atoms with van der Waals surface area (Å²) in [6.07, 6.45) is -0.152. The van der Waals surface area contributed by atoms with Crippen LogP contribution in [0.4, 0.5) is 24.5 Å². The molecule has 0 aromatic heterocycles. The van der Waals surface area contributed by atoms with Crippen LogP contribution in [-0.2, 0) is 15.8 Å². The van der Waals surface area contributed by atoms with Gasteiger partial charge in [-0.2, -0.15) is 13.2 Å². The third kappa shape index (κ3) is 4.97. The van der Waals surface area contributed by atoms with Crippen LogP contribution in [-0.4, -0.2) is 17.9 Å².